The fourth-order valence-corrected chi connectivity index (χ4v) is 2.07. The number of rotatable bonds is 5. The highest BCUT2D eigenvalue weighted by molar-refractivity contribution is 5.95. The summed E-state index contributed by atoms with van der Waals surface area (Å²) in [5.74, 6) is -0.102. The van der Waals surface area contributed by atoms with E-state index in [1.807, 2.05) is 37.3 Å². The number of aromatic nitrogens is 1. The fourth-order valence-electron chi connectivity index (χ4n) is 2.07. The zero-order valence-corrected chi connectivity index (χ0v) is 11.5. The van der Waals surface area contributed by atoms with Crippen molar-refractivity contribution < 1.29 is 9.90 Å². The molecule has 0 saturated carbocycles. The van der Waals surface area contributed by atoms with Crippen LogP contribution in [0.1, 0.15) is 12.5 Å². The largest absolute Gasteiger partial charge is 0.395 e. The molecule has 104 valence electrons. The second kappa shape index (κ2) is 6.82. The summed E-state index contributed by atoms with van der Waals surface area (Å²) in [6.45, 7) is 2.80. The summed E-state index contributed by atoms with van der Waals surface area (Å²) in [5, 5.41) is 9.96. The average Bonchev–Trinajstić information content (AvgIpc) is 2.50. The molecule has 0 fully saturated rings. The number of pyridine rings is 1. The second-order valence-corrected chi connectivity index (χ2v) is 4.40. The van der Waals surface area contributed by atoms with E-state index < -0.39 is 0 Å². The van der Waals surface area contributed by atoms with Crippen molar-refractivity contribution in [2.24, 2.45) is 0 Å². The maximum absolute atomic E-state index is 12.0. The Balaban J connectivity index is 2.23. The second-order valence-electron chi connectivity index (χ2n) is 4.40. The van der Waals surface area contributed by atoms with Crippen LogP contribution < -0.4 is 0 Å². The van der Waals surface area contributed by atoms with Crippen LogP contribution in [-0.2, 0) is 4.79 Å². The topological polar surface area (TPSA) is 53.4 Å². The molecule has 0 aliphatic heterocycles. The van der Waals surface area contributed by atoms with Gasteiger partial charge in [0.25, 0.3) is 0 Å². The Morgan fingerprint density at radius 3 is 2.90 bits per heavy atom. The Morgan fingerprint density at radius 1 is 1.35 bits per heavy atom. The first-order valence-electron chi connectivity index (χ1n) is 6.68. The highest BCUT2D eigenvalue weighted by Gasteiger charge is 2.07. The molecule has 1 N–H and O–H groups in total. The van der Waals surface area contributed by atoms with E-state index in [1.165, 1.54) is 6.08 Å². The van der Waals surface area contributed by atoms with Gasteiger partial charge in [-0.15, -0.1) is 0 Å². The van der Waals surface area contributed by atoms with Gasteiger partial charge >= 0.3 is 0 Å². The minimum atomic E-state index is -0.102. The molecule has 0 spiro atoms. The zero-order chi connectivity index (χ0) is 14.4. The third-order valence-electron chi connectivity index (χ3n) is 3.13. The minimum absolute atomic E-state index is 0.0246. The van der Waals surface area contributed by atoms with Gasteiger partial charge in [-0.1, -0.05) is 24.3 Å². The van der Waals surface area contributed by atoms with Crippen LogP contribution in [0.3, 0.4) is 0 Å². The molecule has 4 nitrogen and oxygen atoms in total. The van der Waals surface area contributed by atoms with Gasteiger partial charge in [-0.25, -0.2) is 0 Å². The van der Waals surface area contributed by atoms with Gasteiger partial charge in [0.2, 0.25) is 5.91 Å². The average molecular weight is 270 g/mol. The first-order valence-corrected chi connectivity index (χ1v) is 6.68. The number of benzene rings is 1. The highest BCUT2D eigenvalue weighted by Crippen LogP contribution is 2.17. The number of likely N-dealkylation sites (N-methyl/N-ethyl adjacent to an activating group) is 1. The lowest BCUT2D eigenvalue weighted by molar-refractivity contribution is -0.126. The summed E-state index contributed by atoms with van der Waals surface area (Å²) < 4.78 is 0. The van der Waals surface area contributed by atoms with E-state index in [2.05, 4.69) is 4.98 Å². The predicted octanol–water partition coefficient (Wildman–Crippen LogP) is 2.09. The molecule has 4 heteroatoms. The van der Waals surface area contributed by atoms with Gasteiger partial charge in [-0.3, -0.25) is 9.78 Å². The van der Waals surface area contributed by atoms with Gasteiger partial charge in [0.1, 0.15) is 0 Å². The number of para-hydroxylation sites is 1. The molecule has 0 aliphatic carbocycles. The van der Waals surface area contributed by atoms with E-state index in [0.29, 0.717) is 13.1 Å². The molecule has 1 heterocycles. The molecule has 1 amide bonds. The molecular formula is C16H18N2O2. The molecule has 0 aliphatic rings. The number of aliphatic hydroxyl groups is 1. The van der Waals surface area contributed by atoms with E-state index in [4.69, 9.17) is 5.11 Å². The van der Waals surface area contributed by atoms with Crippen molar-refractivity contribution in [2.45, 2.75) is 6.92 Å². The maximum atomic E-state index is 12.0. The fraction of sp³-hybridized carbons (Fsp3) is 0.250. The summed E-state index contributed by atoms with van der Waals surface area (Å²) in [6, 6.07) is 9.75. The van der Waals surface area contributed by atoms with Crippen LogP contribution in [0.15, 0.2) is 42.6 Å². The van der Waals surface area contributed by atoms with Gasteiger partial charge < -0.3 is 10.0 Å². The standard InChI is InChI=1S/C16H18N2O2/c1-2-18(11-12-19)15(20)9-8-14-6-3-5-13-7-4-10-17-16(13)14/h3-10,19H,2,11-12H2,1H3/b9-8+. The van der Waals surface area contributed by atoms with Crippen molar-refractivity contribution in [3.8, 4) is 0 Å². The van der Waals surface area contributed by atoms with Gasteiger partial charge in [-0.05, 0) is 19.1 Å². The number of carbonyl (C=O) groups excluding carboxylic acids is 1. The molecule has 0 unspecified atom stereocenters. The third kappa shape index (κ3) is 3.22. The Bertz CT molecular complexity index is 617. The van der Waals surface area contributed by atoms with E-state index in [0.717, 1.165) is 16.5 Å². The number of amides is 1. The van der Waals surface area contributed by atoms with Crippen molar-refractivity contribution >= 4 is 22.9 Å². The SMILES string of the molecule is CCN(CCO)C(=O)/C=C/c1cccc2cccnc12. The van der Waals surface area contributed by atoms with Crippen molar-refractivity contribution in [2.75, 3.05) is 19.7 Å². The van der Waals surface area contributed by atoms with Crippen molar-refractivity contribution in [1.29, 1.82) is 0 Å². The summed E-state index contributed by atoms with van der Waals surface area (Å²) in [5.41, 5.74) is 1.79. The van der Waals surface area contributed by atoms with Crippen molar-refractivity contribution in [1.82, 2.24) is 9.88 Å². The number of carbonyl (C=O) groups is 1. The first-order chi connectivity index (χ1) is 9.76. The van der Waals surface area contributed by atoms with Crippen LogP contribution >= 0.6 is 0 Å². The zero-order valence-electron chi connectivity index (χ0n) is 11.5. The molecule has 1 aromatic heterocycles. The number of nitrogens with zero attached hydrogens (tertiary/aromatic N) is 2. The van der Waals surface area contributed by atoms with Gasteiger partial charge in [-0.2, -0.15) is 0 Å². The molecule has 0 radical (unpaired) electrons. The normalized spacial score (nSPS) is 11.1. The van der Waals surface area contributed by atoms with Crippen LogP contribution in [0.2, 0.25) is 0 Å². The van der Waals surface area contributed by atoms with Gasteiger partial charge in [0.05, 0.1) is 12.1 Å². The van der Waals surface area contributed by atoms with Gasteiger partial charge in [0, 0.05) is 36.3 Å². The summed E-state index contributed by atoms with van der Waals surface area (Å²) in [6.07, 6.45) is 5.05. The number of aliphatic hydroxyl groups excluding tert-OH is 1. The highest BCUT2D eigenvalue weighted by atomic mass is 16.3. The Kier molecular flexibility index (Phi) is 4.85. The summed E-state index contributed by atoms with van der Waals surface area (Å²) >= 11 is 0. The molecule has 2 rings (SSSR count). The Hall–Kier alpha value is -2.20. The lowest BCUT2D eigenvalue weighted by Crippen LogP contribution is -2.31. The van der Waals surface area contributed by atoms with Crippen LogP contribution in [0.5, 0.6) is 0 Å². The van der Waals surface area contributed by atoms with Crippen LogP contribution in [0.4, 0.5) is 0 Å². The molecule has 1 aromatic carbocycles. The lowest BCUT2D eigenvalue weighted by Gasteiger charge is -2.17. The predicted molar refractivity (Wildman–Crippen MR) is 80.1 cm³/mol. The minimum Gasteiger partial charge on any atom is -0.395 e. The monoisotopic (exact) mass is 270 g/mol. The van der Waals surface area contributed by atoms with Gasteiger partial charge in [0.15, 0.2) is 0 Å². The van der Waals surface area contributed by atoms with Crippen LogP contribution in [-0.4, -0.2) is 40.6 Å². The number of fused-ring (bicyclic) bond motifs is 1. The summed E-state index contributed by atoms with van der Waals surface area (Å²) in [4.78, 5) is 17.9. The quantitative estimate of drug-likeness (QED) is 0.846. The van der Waals surface area contributed by atoms with E-state index in [-0.39, 0.29) is 12.5 Å². The van der Waals surface area contributed by atoms with Crippen molar-refractivity contribution in [3.05, 3.63) is 48.2 Å². The maximum Gasteiger partial charge on any atom is 0.246 e. The van der Waals surface area contributed by atoms with Crippen LogP contribution in [0, 0.1) is 0 Å². The molecule has 0 atom stereocenters. The number of hydrogen-bond donors (Lipinski definition) is 1. The van der Waals surface area contributed by atoms with Crippen molar-refractivity contribution in [3.63, 3.8) is 0 Å². The molecule has 2 aromatic rings. The number of hydrogen-bond acceptors (Lipinski definition) is 3. The smallest absolute Gasteiger partial charge is 0.246 e. The molecule has 0 saturated heterocycles. The lowest BCUT2D eigenvalue weighted by atomic mass is 10.1. The van der Waals surface area contributed by atoms with E-state index >= 15 is 0 Å². The van der Waals surface area contributed by atoms with E-state index in [9.17, 15) is 4.79 Å². The summed E-state index contributed by atoms with van der Waals surface area (Å²) in [7, 11) is 0. The first kappa shape index (κ1) is 14.2. The molecule has 20 heavy (non-hydrogen) atoms. The van der Waals surface area contributed by atoms with Crippen LogP contribution in [0.25, 0.3) is 17.0 Å². The Morgan fingerprint density at radius 2 is 2.15 bits per heavy atom. The molecule has 0 bridgehead atoms. The molecular weight excluding hydrogens is 252 g/mol. The third-order valence-corrected chi connectivity index (χ3v) is 3.13. The van der Waals surface area contributed by atoms with E-state index in [1.54, 1.807) is 17.2 Å². The Labute approximate surface area is 118 Å².